The maximum Gasteiger partial charge on any atom is 0.333 e. The van der Waals surface area contributed by atoms with Crippen LogP contribution in [0.4, 0.5) is 0 Å². The molecule has 4 nitrogen and oxygen atoms in total. The Bertz CT molecular complexity index is 767. The highest BCUT2D eigenvalue weighted by Crippen LogP contribution is 2.33. The van der Waals surface area contributed by atoms with Crippen LogP contribution in [0.5, 0.6) is 0 Å². The molecule has 0 N–H and O–H groups in total. The van der Waals surface area contributed by atoms with Crippen LogP contribution < -0.4 is 0 Å². The van der Waals surface area contributed by atoms with Gasteiger partial charge in [0.1, 0.15) is 0 Å². The van der Waals surface area contributed by atoms with Crippen LogP contribution in [-0.4, -0.2) is 22.4 Å². The van der Waals surface area contributed by atoms with Crippen molar-refractivity contribution in [3.63, 3.8) is 0 Å². The average Bonchev–Trinajstić information content (AvgIpc) is 3.21. The molecule has 0 unspecified atom stereocenters. The summed E-state index contributed by atoms with van der Waals surface area (Å²) in [4.78, 5) is 11.8. The van der Waals surface area contributed by atoms with Gasteiger partial charge in [0.05, 0.1) is 23.9 Å². The molecule has 0 amide bonds. The Kier molecular flexibility index (Phi) is 5.03. The highest BCUT2D eigenvalue weighted by atomic mass is 16.5. The van der Waals surface area contributed by atoms with Gasteiger partial charge in [-0.1, -0.05) is 31.9 Å². The first-order valence-corrected chi connectivity index (χ1v) is 9.00. The van der Waals surface area contributed by atoms with Gasteiger partial charge in [0.25, 0.3) is 0 Å². The normalized spacial score (nSPS) is 16.0. The van der Waals surface area contributed by atoms with Gasteiger partial charge in [-0.05, 0) is 50.8 Å². The summed E-state index contributed by atoms with van der Waals surface area (Å²) in [7, 11) is 0. The van der Waals surface area contributed by atoms with E-state index in [2.05, 4.69) is 29.8 Å². The molecule has 1 aliphatic rings. The Labute approximate surface area is 143 Å². The zero-order valence-corrected chi connectivity index (χ0v) is 14.8. The van der Waals surface area contributed by atoms with E-state index in [1.54, 1.807) is 6.92 Å². The largest absolute Gasteiger partial charge is 0.463 e. The first kappa shape index (κ1) is 16.7. The summed E-state index contributed by atoms with van der Waals surface area (Å²) < 4.78 is 7.29. The lowest BCUT2D eigenvalue weighted by Crippen LogP contribution is -2.07. The number of ether oxygens (including phenoxy) is 1. The smallest absolute Gasteiger partial charge is 0.333 e. The molecule has 24 heavy (non-hydrogen) atoms. The van der Waals surface area contributed by atoms with Crippen molar-refractivity contribution in [3.8, 4) is 0 Å². The van der Waals surface area contributed by atoms with Crippen LogP contribution >= 0.6 is 0 Å². The summed E-state index contributed by atoms with van der Waals surface area (Å²) in [5.41, 5.74) is 3.99. The van der Waals surface area contributed by atoms with Gasteiger partial charge >= 0.3 is 5.97 Å². The third-order valence-electron chi connectivity index (χ3n) is 4.79. The van der Waals surface area contributed by atoms with E-state index < -0.39 is 0 Å². The number of carbonyl (C=O) groups excluding carboxylic acids is 1. The van der Waals surface area contributed by atoms with Crippen molar-refractivity contribution in [2.45, 2.75) is 58.9 Å². The summed E-state index contributed by atoms with van der Waals surface area (Å²) in [5.74, 6) is -0.254. The van der Waals surface area contributed by atoms with Crippen LogP contribution in [0.15, 0.2) is 23.8 Å². The highest BCUT2D eigenvalue weighted by molar-refractivity contribution is 5.94. The molecule has 0 radical (unpaired) electrons. The number of fused-ring (bicyclic) bond motifs is 1. The molecule has 4 heteroatoms. The van der Waals surface area contributed by atoms with Crippen LogP contribution in [0.25, 0.3) is 17.0 Å². The summed E-state index contributed by atoms with van der Waals surface area (Å²) in [6.45, 7) is 6.18. The van der Waals surface area contributed by atoms with Crippen molar-refractivity contribution in [1.82, 2.24) is 9.78 Å². The van der Waals surface area contributed by atoms with Crippen LogP contribution in [0.3, 0.4) is 0 Å². The van der Waals surface area contributed by atoms with Crippen molar-refractivity contribution < 1.29 is 9.53 Å². The van der Waals surface area contributed by atoms with Crippen LogP contribution in [0.1, 0.15) is 63.8 Å². The lowest BCUT2D eigenvalue weighted by atomic mass is 10.1. The van der Waals surface area contributed by atoms with E-state index in [9.17, 15) is 4.79 Å². The maximum absolute atomic E-state index is 11.8. The zero-order chi connectivity index (χ0) is 17.1. The monoisotopic (exact) mass is 326 g/mol. The Hall–Kier alpha value is -2.10. The van der Waals surface area contributed by atoms with E-state index in [-0.39, 0.29) is 5.97 Å². The molecule has 1 aromatic carbocycles. The summed E-state index contributed by atoms with van der Waals surface area (Å²) in [6.07, 6.45) is 7.83. The molecule has 0 atom stereocenters. The van der Waals surface area contributed by atoms with E-state index in [1.165, 1.54) is 36.6 Å². The highest BCUT2D eigenvalue weighted by Gasteiger charge is 2.21. The van der Waals surface area contributed by atoms with Crippen molar-refractivity contribution in [2.75, 3.05) is 6.61 Å². The van der Waals surface area contributed by atoms with Crippen molar-refractivity contribution in [2.24, 2.45) is 0 Å². The predicted octanol–water partition coefficient (Wildman–Crippen LogP) is 4.68. The second kappa shape index (κ2) is 7.20. The third kappa shape index (κ3) is 3.23. The number of rotatable bonds is 5. The van der Waals surface area contributed by atoms with Gasteiger partial charge in [0, 0.05) is 11.0 Å². The summed E-state index contributed by atoms with van der Waals surface area (Å²) >= 11 is 0. The Morgan fingerprint density at radius 2 is 2.08 bits per heavy atom. The molecule has 1 aliphatic carbocycles. The number of esters is 1. The number of carbonyl (C=O) groups is 1. The minimum Gasteiger partial charge on any atom is -0.463 e. The van der Waals surface area contributed by atoms with E-state index in [0.717, 1.165) is 17.7 Å². The minimum absolute atomic E-state index is 0.254. The molecule has 0 spiro atoms. The number of aryl methyl sites for hydroxylation is 1. The quantitative estimate of drug-likeness (QED) is 0.592. The molecule has 1 aromatic heterocycles. The molecular weight excluding hydrogens is 300 g/mol. The lowest BCUT2D eigenvalue weighted by Gasteiger charge is -2.11. The number of aromatic nitrogens is 2. The van der Waals surface area contributed by atoms with Crippen LogP contribution in [0.2, 0.25) is 0 Å². The molecule has 0 saturated heterocycles. The Morgan fingerprint density at radius 1 is 1.33 bits per heavy atom. The number of benzene rings is 1. The zero-order valence-electron chi connectivity index (χ0n) is 14.8. The van der Waals surface area contributed by atoms with Crippen molar-refractivity contribution in [3.05, 3.63) is 35.0 Å². The van der Waals surface area contributed by atoms with E-state index in [0.29, 0.717) is 18.2 Å². The molecule has 1 fully saturated rings. The van der Waals surface area contributed by atoms with Gasteiger partial charge in [-0.15, -0.1) is 0 Å². The SMILES string of the molecule is CCOC(=O)C(C)=Cc1ccc2c(CC)nn(C3CCCC3)c2c1. The number of nitrogens with zero attached hydrogens (tertiary/aromatic N) is 2. The standard InChI is InChI=1S/C20H26N2O2/c1-4-18-17-11-10-15(12-14(3)20(23)24-5-2)13-19(17)22(21-18)16-8-6-7-9-16/h10-13,16H,4-9H2,1-3H3. The first-order chi connectivity index (χ1) is 11.6. The number of hydrogen-bond donors (Lipinski definition) is 0. The van der Waals surface area contributed by atoms with E-state index in [1.807, 2.05) is 13.0 Å². The van der Waals surface area contributed by atoms with Gasteiger partial charge in [-0.3, -0.25) is 4.68 Å². The molecular formula is C20H26N2O2. The summed E-state index contributed by atoms with van der Waals surface area (Å²) in [6, 6.07) is 6.86. The number of hydrogen-bond acceptors (Lipinski definition) is 3. The fourth-order valence-corrected chi connectivity index (χ4v) is 3.55. The van der Waals surface area contributed by atoms with Crippen molar-refractivity contribution in [1.29, 1.82) is 0 Å². The van der Waals surface area contributed by atoms with Gasteiger partial charge in [-0.2, -0.15) is 5.10 Å². The molecule has 1 saturated carbocycles. The topological polar surface area (TPSA) is 44.1 Å². The van der Waals surface area contributed by atoms with Gasteiger partial charge < -0.3 is 4.74 Å². The van der Waals surface area contributed by atoms with Gasteiger partial charge in [0.15, 0.2) is 0 Å². The third-order valence-corrected chi connectivity index (χ3v) is 4.79. The minimum atomic E-state index is -0.254. The lowest BCUT2D eigenvalue weighted by molar-refractivity contribution is -0.138. The summed E-state index contributed by atoms with van der Waals surface area (Å²) in [5, 5.41) is 6.11. The first-order valence-electron chi connectivity index (χ1n) is 9.00. The van der Waals surface area contributed by atoms with E-state index >= 15 is 0 Å². The maximum atomic E-state index is 11.8. The van der Waals surface area contributed by atoms with Crippen LogP contribution in [0, 0.1) is 0 Å². The second-order valence-corrected chi connectivity index (χ2v) is 6.51. The Balaban J connectivity index is 2.01. The molecule has 0 bridgehead atoms. The van der Waals surface area contributed by atoms with Gasteiger partial charge in [-0.25, -0.2) is 4.79 Å². The predicted molar refractivity (Wildman–Crippen MR) is 96.9 cm³/mol. The van der Waals surface area contributed by atoms with E-state index in [4.69, 9.17) is 9.84 Å². The molecule has 128 valence electrons. The Morgan fingerprint density at radius 3 is 2.75 bits per heavy atom. The molecule has 2 aromatic rings. The van der Waals surface area contributed by atoms with Gasteiger partial charge in [0.2, 0.25) is 0 Å². The second-order valence-electron chi connectivity index (χ2n) is 6.51. The molecule has 0 aliphatic heterocycles. The average molecular weight is 326 g/mol. The molecule has 1 heterocycles. The fourth-order valence-electron chi connectivity index (χ4n) is 3.55. The molecule has 3 rings (SSSR count). The fraction of sp³-hybridized carbons (Fsp3) is 0.500. The van der Waals surface area contributed by atoms with Crippen LogP contribution in [-0.2, 0) is 16.0 Å². The van der Waals surface area contributed by atoms with Crippen molar-refractivity contribution >= 4 is 22.9 Å².